The van der Waals surface area contributed by atoms with Crippen LogP contribution in [0.5, 0.6) is 0 Å². The van der Waals surface area contributed by atoms with E-state index in [-0.39, 0.29) is 0 Å². The molecule has 1 aliphatic carbocycles. The van der Waals surface area contributed by atoms with Crippen molar-refractivity contribution < 1.29 is 4.74 Å². The third-order valence-corrected chi connectivity index (χ3v) is 3.32. The molecule has 0 saturated heterocycles. The van der Waals surface area contributed by atoms with Crippen LogP contribution in [0.4, 0.5) is 0 Å². The molecular formula is C10H19BrO. The molecule has 0 bridgehead atoms. The molecule has 1 aliphatic rings. The second-order valence-corrected chi connectivity index (χ2v) is 5.81. The van der Waals surface area contributed by atoms with Gasteiger partial charge in [0, 0.05) is 4.83 Å². The molecule has 1 rings (SSSR count). The third-order valence-electron chi connectivity index (χ3n) is 2.54. The molecule has 0 aliphatic heterocycles. The Kier molecular flexibility index (Phi) is 3.59. The minimum Gasteiger partial charge on any atom is -0.378 e. The van der Waals surface area contributed by atoms with Crippen LogP contribution in [0.25, 0.3) is 0 Å². The summed E-state index contributed by atoms with van der Waals surface area (Å²) in [5.41, 5.74) is 0.429. The number of hydrogen-bond acceptors (Lipinski definition) is 1. The molecule has 0 aromatic carbocycles. The lowest BCUT2D eigenvalue weighted by Gasteiger charge is -2.24. The van der Waals surface area contributed by atoms with Gasteiger partial charge in [0.05, 0.1) is 12.7 Å². The van der Waals surface area contributed by atoms with Crippen LogP contribution in [0.1, 0.15) is 40.0 Å². The molecule has 0 N–H and O–H groups in total. The van der Waals surface area contributed by atoms with Gasteiger partial charge >= 0.3 is 0 Å². The van der Waals surface area contributed by atoms with Crippen LogP contribution in [-0.2, 0) is 4.74 Å². The SMILES string of the molecule is CC(C)OCC1(C)CCC(Br)C1. The standard InChI is InChI=1S/C10H19BrO/c1-8(2)12-7-10(3)5-4-9(11)6-10/h8-9H,4-7H2,1-3H3. The van der Waals surface area contributed by atoms with Crippen molar-refractivity contribution >= 4 is 15.9 Å². The summed E-state index contributed by atoms with van der Waals surface area (Å²) in [5, 5.41) is 0. The first-order valence-corrected chi connectivity index (χ1v) is 5.69. The van der Waals surface area contributed by atoms with Crippen molar-refractivity contribution in [2.45, 2.75) is 51.0 Å². The van der Waals surface area contributed by atoms with E-state index in [1.807, 2.05) is 0 Å². The van der Waals surface area contributed by atoms with Gasteiger partial charge in [0.1, 0.15) is 0 Å². The molecule has 0 spiro atoms. The molecule has 72 valence electrons. The Morgan fingerprint density at radius 1 is 1.58 bits per heavy atom. The minimum atomic E-state index is 0.371. The van der Waals surface area contributed by atoms with Crippen molar-refractivity contribution in [2.24, 2.45) is 5.41 Å². The van der Waals surface area contributed by atoms with Gasteiger partial charge in [0.2, 0.25) is 0 Å². The molecule has 1 fully saturated rings. The monoisotopic (exact) mass is 234 g/mol. The molecular weight excluding hydrogens is 216 g/mol. The molecule has 2 atom stereocenters. The first-order valence-electron chi connectivity index (χ1n) is 4.77. The smallest absolute Gasteiger partial charge is 0.0523 e. The highest BCUT2D eigenvalue weighted by atomic mass is 79.9. The Bertz CT molecular complexity index is 147. The molecule has 0 aromatic heterocycles. The first-order chi connectivity index (χ1) is 5.52. The molecule has 0 heterocycles. The zero-order valence-corrected chi connectivity index (χ0v) is 9.86. The zero-order valence-electron chi connectivity index (χ0n) is 8.27. The molecule has 0 radical (unpaired) electrons. The lowest BCUT2D eigenvalue weighted by atomic mass is 9.90. The summed E-state index contributed by atoms with van der Waals surface area (Å²) >= 11 is 3.67. The van der Waals surface area contributed by atoms with Gasteiger partial charge in [-0.2, -0.15) is 0 Å². The van der Waals surface area contributed by atoms with E-state index in [9.17, 15) is 0 Å². The summed E-state index contributed by atoms with van der Waals surface area (Å²) in [5.74, 6) is 0. The summed E-state index contributed by atoms with van der Waals surface area (Å²) in [6, 6.07) is 0. The summed E-state index contributed by atoms with van der Waals surface area (Å²) in [4.78, 5) is 0.721. The normalized spacial score (nSPS) is 36.2. The van der Waals surface area contributed by atoms with Crippen LogP contribution >= 0.6 is 15.9 Å². The average Bonchev–Trinajstić information content (AvgIpc) is 2.29. The quantitative estimate of drug-likeness (QED) is 0.681. The number of halogens is 1. The van der Waals surface area contributed by atoms with E-state index in [4.69, 9.17) is 4.74 Å². The summed E-state index contributed by atoms with van der Waals surface area (Å²) in [6.45, 7) is 7.46. The van der Waals surface area contributed by atoms with Gasteiger partial charge in [-0.1, -0.05) is 22.9 Å². The van der Waals surface area contributed by atoms with Crippen LogP contribution in [-0.4, -0.2) is 17.5 Å². The molecule has 1 nitrogen and oxygen atoms in total. The van der Waals surface area contributed by atoms with Gasteiger partial charge in [0.15, 0.2) is 0 Å². The lowest BCUT2D eigenvalue weighted by Crippen LogP contribution is -2.22. The van der Waals surface area contributed by atoms with Crippen molar-refractivity contribution in [3.05, 3.63) is 0 Å². The van der Waals surface area contributed by atoms with E-state index in [1.54, 1.807) is 0 Å². The van der Waals surface area contributed by atoms with Crippen LogP contribution in [0, 0.1) is 5.41 Å². The van der Waals surface area contributed by atoms with Gasteiger partial charge in [-0.05, 0) is 38.5 Å². The number of hydrogen-bond donors (Lipinski definition) is 0. The van der Waals surface area contributed by atoms with E-state index in [1.165, 1.54) is 19.3 Å². The zero-order chi connectivity index (χ0) is 9.19. The molecule has 2 heteroatoms. The molecule has 1 saturated carbocycles. The molecule has 2 unspecified atom stereocenters. The summed E-state index contributed by atoms with van der Waals surface area (Å²) < 4.78 is 5.66. The van der Waals surface area contributed by atoms with Crippen molar-refractivity contribution in [3.63, 3.8) is 0 Å². The summed E-state index contributed by atoms with van der Waals surface area (Å²) in [6.07, 6.45) is 4.24. The summed E-state index contributed by atoms with van der Waals surface area (Å²) in [7, 11) is 0. The minimum absolute atomic E-state index is 0.371. The van der Waals surface area contributed by atoms with Crippen molar-refractivity contribution in [1.82, 2.24) is 0 Å². The Hall–Kier alpha value is 0.440. The van der Waals surface area contributed by atoms with Crippen LogP contribution in [0.3, 0.4) is 0 Å². The fraction of sp³-hybridized carbons (Fsp3) is 1.00. The average molecular weight is 235 g/mol. The van der Waals surface area contributed by atoms with Crippen molar-refractivity contribution in [2.75, 3.05) is 6.61 Å². The second-order valence-electron chi connectivity index (χ2n) is 4.51. The predicted molar refractivity (Wildman–Crippen MR) is 55.8 cm³/mol. The largest absolute Gasteiger partial charge is 0.378 e. The van der Waals surface area contributed by atoms with Gasteiger partial charge in [0.25, 0.3) is 0 Å². The maximum Gasteiger partial charge on any atom is 0.0523 e. The Morgan fingerprint density at radius 2 is 2.25 bits per heavy atom. The van der Waals surface area contributed by atoms with E-state index >= 15 is 0 Å². The van der Waals surface area contributed by atoms with Gasteiger partial charge < -0.3 is 4.74 Å². The van der Waals surface area contributed by atoms with E-state index in [0.29, 0.717) is 11.5 Å². The number of ether oxygens (including phenoxy) is 1. The molecule has 0 aromatic rings. The Morgan fingerprint density at radius 3 is 2.67 bits per heavy atom. The van der Waals surface area contributed by atoms with Gasteiger partial charge in [-0.15, -0.1) is 0 Å². The topological polar surface area (TPSA) is 9.23 Å². The van der Waals surface area contributed by atoms with Gasteiger partial charge in [-0.3, -0.25) is 0 Å². The van der Waals surface area contributed by atoms with Crippen molar-refractivity contribution in [3.8, 4) is 0 Å². The predicted octanol–water partition coefficient (Wildman–Crippen LogP) is 3.37. The van der Waals surface area contributed by atoms with Gasteiger partial charge in [-0.25, -0.2) is 0 Å². The highest BCUT2D eigenvalue weighted by Crippen LogP contribution is 2.41. The maximum atomic E-state index is 5.66. The fourth-order valence-electron chi connectivity index (χ4n) is 1.74. The highest BCUT2D eigenvalue weighted by Gasteiger charge is 2.34. The number of rotatable bonds is 3. The van der Waals surface area contributed by atoms with E-state index in [0.717, 1.165) is 11.4 Å². The first kappa shape index (κ1) is 10.5. The second kappa shape index (κ2) is 4.10. The highest BCUT2D eigenvalue weighted by molar-refractivity contribution is 9.09. The lowest BCUT2D eigenvalue weighted by molar-refractivity contribution is 0.0171. The maximum absolute atomic E-state index is 5.66. The third kappa shape index (κ3) is 3.06. The Labute approximate surface area is 84.0 Å². The van der Waals surface area contributed by atoms with Crippen LogP contribution in [0.15, 0.2) is 0 Å². The number of alkyl halides is 1. The Balaban J connectivity index is 2.30. The van der Waals surface area contributed by atoms with Crippen LogP contribution < -0.4 is 0 Å². The molecule has 0 amide bonds. The molecule has 12 heavy (non-hydrogen) atoms. The van der Waals surface area contributed by atoms with Crippen molar-refractivity contribution in [1.29, 1.82) is 0 Å². The van der Waals surface area contributed by atoms with E-state index < -0.39 is 0 Å². The fourth-order valence-corrected chi connectivity index (χ4v) is 2.75. The van der Waals surface area contributed by atoms with E-state index in [2.05, 4.69) is 36.7 Å². The van der Waals surface area contributed by atoms with Crippen LogP contribution in [0.2, 0.25) is 0 Å².